The van der Waals surface area contributed by atoms with E-state index in [0.29, 0.717) is 30.3 Å². The van der Waals surface area contributed by atoms with Crippen LogP contribution in [0.25, 0.3) is 33.4 Å². The highest BCUT2D eigenvalue weighted by Crippen LogP contribution is 2.63. The van der Waals surface area contributed by atoms with E-state index in [-0.39, 0.29) is 0 Å². The first kappa shape index (κ1) is 41.5. The SMILES string of the molecule is Oc1cc(O)cc(Oc2c(Oc3c(O)cc(O)c(-c4c(O)cc(O)cc4O)c3O)cc(O)cc2Oc2c(O)c(-c3c(O)cc(O)cc3O)c(O)c(-c3c(O)cc(O)cc3O)c2O)c1. The molecule has 0 aromatic heterocycles. The first-order chi connectivity index (χ1) is 29.6. The maximum atomic E-state index is 11.7. The summed E-state index contributed by atoms with van der Waals surface area (Å²) in [6, 6.07) is 8.89. The minimum absolute atomic E-state index is 0.454. The third-order valence-corrected chi connectivity index (χ3v) is 9.11. The van der Waals surface area contributed by atoms with E-state index >= 15 is 0 Å². The third-order valence-electron chi connectivity index (χ3n) is 9.11. The molecule has 0 saturated heterocycles. The number of phenols is 18. The van der Waals surface area contributed by atoms with E-state index in [0.717, 1.165) is 42.5 Å². The fraction of sp³-hybridized carbons (Fsp3) is 0. The lowest BCUT2D eigenvalue weighted by Crippen LogP contribution is -1.98. The molecule has 0 radical (unpaired) electrons. The number of phenolic OH excluding ortho intramolecular Hbond substituents is 18. The summed E-state index contributed by atoms with van der Waals surface area (Å²) in [6.45, 7) is 0. The second kappa shape index (κ2) is 15.2. The summed E-state index contributed by atoms with van der Waals surface area (Å²) >= 11 is 0. The van der Waals surface area contributed by atoms with Crippen LogP contribution in [0.3, 0.4) is 0 Å². The van der Waals surface area contributed by atoms with Crippen LogP contribution in [0, 0.1) is 0 Å². The first-order valence-corrected chi connectivity index (χ1v) is 17.4. The smallest absolute Gasteiger partial charge is 0.212 e. The highest BCUT2D eigenvalue weighted by Gasteiger charge is 2.34. The number of aromatic hydroxyl groups is 18. The molecule has 0 spiro atoms. The van der Waals surface area contributed by atoms with Crippen molar-refractivity contribution < 1.29 is 106 Å². The van der Waals surface area contributed by atoms with Crippen molar-refractivity contribution >= 4 is 0 Å². The Balaban J connectivity index is 1.51. The van der Waals surface area contributed by atoms with Gasteiger partial charge in [0.05, 0.1) is 33.4 Å². The Labute approximate surface area is 349 Å². The van der Waals surface area contributed by atoms with Crippen molar-refractivity contribution in [1.29, 1.82) is 0 Å². The van der Waals surface area contributed by atoms with Gasteiger partial charge in [0.25, 0.3) is 0 Å². The molecule has 0 amide bonds. The molecule has 0 fully saturated rings. The summed E-state index contributed by atoms with van der Waals surface area (Å²) in [5.74, 6) is -22.3. The number of rotatable bonds is 9. The Bertz CT molecular complexity index is 2860. The lowest BCUT2D eigenvalue weighted by Gasteiger charge is -2.22. The highest BCUT2D eigenvalue weighted by atomic mass is 16.6. The van der Waals surface area contributed by atoms with E-state index < -0.39 is 171 Å². The van der Waals surface area contributed by atoms with Gasteiger partial charge in [-0.25, -0.2) is 0 Å². The van der Waals surface area contributed by atoms with E-state index in [9.17, 15) is 91.9 Å². The summed E-state index contributed by atoms with van der Waals surface area (Å²) in [5.41, 5.74) is -5.18. The molecule has 7 aromatic carbocycles. The molecule has 63 heavy (non-hydrogen) atoms. The Morgan fingerprint density at radius 1 is 0.222 bits per heavy atom. The fourth-order valence-corrected chi connectivity index (χ4v) is 6.57. The van der Waals surface area contributed by atoms with Gasteiger partial charge in [0, 0.05) is 72.8 Å². The van der Waals surface area contributed by atoms with E-state index in [4.69, 9.17) is 14.2 Å². The topological polar surface area (TPSA) is 392 Å². The average Bonchev–Trinajstić information content (AvgIpc) is 3.15. The zero-order valence-electron chi connectivity index (χ0n) is 31.2. The minimum Gasteiger partial charge on any atom is -0.508 e. The first-order valence-electron chi connectivity index (χ1n) is 17.4. The molecule has 21 heteroatoms. The maximum Gasteiger partial charge on any atom is 0.212 e. The predicted octanol–water partition coefficient (Wildman–Crippen LogP) is 6.77. The van der Waals surface area contributed by atoms with Crippen LogP contribution >= 0.6 is 0 Å². The van der Waals surface area contributed by atoms with Gasteiger partial charge in [0.1, 0.15) is 86.2 Å². The summed E-state index contributed by atoms with van der Waals surface area (Å²) < 4.78 is 17.5. The summed E-state index contributed by atoms with van der Waals surface area (Å²) in [7, 11) is 0. The number of hydrogen-bond acceptors (Lipinski definition) is 21. The predicted molar refractivity (Wildman–Crippen MR) is 212 cm³/mol. The molecule has 21 nitrogen and oxygen atoms in total. The molecule has 0 unspecified atom stereocenters. The molecule has 0 bridgehead atoms. The lowest BCUT2D eigenvalue weighted by atomic mass is 9.92. The van der Waals surface area contributed by atoms with Crippen molar-refractivity contribution in [2.24, 2.45) is 0 Å². The van der Waals surface area contributed by atoms with Crippen LogP contribution in [0.1, 0.15) is 0 Å². The highest BCUT2D eigenvalue weighted by molar-refractivity contribution is 5.99. The molecule has 7 aromatic rings. The van der Waals surface area contributed by atoms with Gasteiger partial charge in [-0.15, -0.1) is 0 Å². The Morgan fingerprint density at radius 3 is 0.952 bits per heavy atom. The van der Waals surface area contributed by atoms with Gasteiger partial charge >= 0.3 is 0 Å². The maximum absolute atomic E-state index is 11.7. The second-order valence-electron chi connectivity index (χ2n) is 13.4. The third kappa shape index (κ3) is 7.35. The number of hydrogen-bond donors (Lipinski definition) is 18. The van der Waals surface area contributed by atoms with Crippen LogP contribution in [-0.4, -0.2) is 91.9 Å². The van der Waals surface area contributed by atoms with Crippen LogP contribution < -0.4 is 14.2 Å². The molecule has 0 aliphatic heterocycles. The zero-order valence-corrected chi connectivity index (χ0v) is 31.2. The van der Waals surface area contributed by atoms with Crippen molar-refractivity contribution in [3.63, 3.8) is 0 Å². The van der Waals surface area contributed by atoms with Gasteiger partial charge < -0.3 is 106 Å². The van der Waals surface area contributed by atoms with Gasteiger partial charge in [0.2, 0.25) is 17.2 Å². The Hall–Kier alpha value is -9.66. The number of ether oxygens (including phenoxy) is 3. The molecule has 18 N–H and O–H groups in total. The van der Waals surface area contributed by atoms with Crippen molar-refractivity contribution in [3.05, 3.63) is 72.8 Å². The standard InChI is InChI=1S/C42H30O21/c43-13-1-14(44)3-19(2-13)61-41-28(62-40-27(56)12-26(55)33(37(40)58)30-20(49)4-15(45)5-21(30)50)10-18(48)11-29(41)63-42-38(59)34(31-22(51)6-16(46)7-23(31)52)36(57)35(39(42)60)32-24(53)8-17(47)9-25(32)54/h1-12,43-60H. The lowest BCUT2D eigenvalue weighted by molar-refractivity contribution is 0.336. The second-order valence-corrected chi connectivity index (χ2v) is 13.4. The van der Waals surface area contributed by atoms with E-state index in [1.807, 2.05) is 0 Å². The molecule has 0 heterocycles. The largest absolute Gasteiger partial charge is 0.508 e. The molecule has 0 aliphatic rings. The van der Waals surface area contributed by atoms with E-state index in [2.05, 4.69) is 0 Å². The van der Waals surface area contributed by atoms with Crippen LogP contribution in [0.2, 0.25) is 0 Å². The normalized spacial score (nSPS) is 11.0. The van der Waals surface area contributed by atoms with Crippen molar-refractivity contribution in [1.82, 2.24) is 0 Å². The van der Waals surface area contributed by atoms with Gasteiger partial charge in [-0.05, 0) is 0 Å². The van der Waals surface area contributed by atoms with Crippen LogP contribution in [-0.2, 0) is 0 Å². The molecular formula is C42H30O21. The number of benzene rings is 7. The molecule has 0 atom stereocenters. The van der Waals surface area contributed by atoms with Gasteiger partial charge in [-0.1, -0.05) is 0 Å². The van der Waals surface area contributed by atoms with E-state index in [1.54, 1.807) is 0 Å². The van der Waals surface area contributed by atoms with Gasteiger partial charge in [-0.2, -0.15) is 0 Å². The monoisotopic (exact) mass is 870 g/mol. The average molecular weight is 871 g/mol. The fourth-order valence-electron chi connectivity index (χ4n) is 6.57. The zero-order chi connectivity index (χ0) is 45.9. The van der Waals surface area contributed by atoms with Crippen molar-refractivity contribution in [2.75, 3.05) is 0 Å². The van der Waals surface area contributed by atoms with Crippen LogP contribution in [0.15, 0.2) is 72.8 Å². The summed E-state index contributed by atoms with van der Waals surface area (Å²) in [4.78, 5) is 0. The van der Waals surface area contributed by atoms with Crippen LogP contribution in [0.5, 0.6) is 138 Å². The van der Waals surface area contributed by atoms with Crippen molar-refractivity contribution in [3.8, 4) is 171 Å². The molecule has 0 aliphatic carbocycles. The van der Waals surface area contributed by atoms with E-state index in [1.165, 1.54) is 0 Å². The molecule has 7 rings (SSSR count). The Morgan fingerprint density at radius 2 is 0.540 bits per heavy atom. The summed E-state index contributed by atoms with van der Waals surface area (Å²) in [6.07, 6.45) is 0. The molecule has 0 saturated carbocycles. The van der Waals surface area contributed by atoms with Gasteiger partial charge in [0.15, 0.2) is 34.5 Å². The molecule has 324 valence electrons. The molecular weight excluding hydrogens is 840 g/mol. The minimum atomic E-state index is -1.36. The summed E-state index contributed by atoms with van der Waals surface area (Å²) in [5, 5.41) is 194. The quantitative estimate of drug-likeness (QED) is 0.0711. The Kier molecular flexibility index (Phi) is 10.00. The van der Waals surface area contributed by atoms with Crippen LogP contribution in [0.4, 0.5) is 0 Å². The van der Waals surface area contributed by atoms with Crippen molar-refractivity contribution in [2.45, 2.75) is 0 Å². The van der Waals surface area contributed by atoms with Gasteiger partial charge in [-0.3, -0.25) is 0 Å².